The standard InChI is InChI=1S/C24H23ClN4O2S/c1-14(17-8-6-9-19(11-17)27-16(3)30)26-23(31)22-12-20-15(2)28-29(24(20)32-22)13-18-7-4-5-10-21(18)25/h4-12,14H,13H2,1-3H3,(H,26,31)(H,27,30). The van der Waals surface area contributed by atoms with Crippen LogP contribution in [0.2, 0.25) is 5.02 Å². The second kappa shape index (κ2) is 9.14. The maximum absolute atomic E-state index is 13.0. The fraction of sp³-hybridized carbons (Fsp3) is 0.208. The van der Waals surface area contributed by atoms with Gasteiger partial charge in [0.1, 0.15) is 4.83 Å². The molecule has 0 aliphatic rings. The van der Waals surface area contributed by atoms with Gasteiger partial charge in [-0.2, -0.15) is 5.10 Å². The first-order chi connectivity index (χ1) is 15.3. The van der Waals surface area contributed by atoms with Gasteiger partial charge < -0.3 is 10.6 Å². The van der Waals surface area contributed by atoms with Crippen molar-refractivity contribution < 1.29 is 9.59 Å². The fourth-order valence-corrected chi connectivity index (χ4v) is 4.82. The number of hydrogen-bond donors (Lipinski definition) is 2. The zero-order valence-electron chi connectivity index (χ0n) is 18.0. The smallest absolute Gasteiger partial charge is 0.261 e. The Morgan fingerprint density at radius 3 is 2.69 bits per heavy atom. The van der Waals surface area contributed by atoms with Crippen molar-refractivity contribution in [3.8, 4) is 0 Å². The number of anilines is 1. The predicted octanol–water partition coefficient (Wildman–Crippen LogP) is 5.56. The zero-order chi connectivity index (χ0) is 22.8. The number of nitrogens with one attached hydrogen (secondary N) is 2. The van der Waals surface area contributed by atoms with Crippen molar-refractivity contribution in [2.75, 3.05) is 5.32 Å². The number of fused-ring (bicyclic) bond motifs is 1. The van der Waals surface area contributed by atoms with E-state index in [1.165, 1.54) is 18.3 Å². The van der Waals surface area contributed by atoms with Crippen molar-refractivity contribution in [3.05, 3.63) is 81.3 Å². The van der Waals surface area contributed by atoms with Gasteiger partial charge in [-0.1, -0.05) is 41.9 Å². The maximum atomic E-state index is 13.0. The van der Waals surface area contributed by atoms with E-state index in [2.05, 4.69) is 15.7 Å². The minimum absolute atomic E-state index is 0.134. The number of amides is 2. The molecular weight excluding hydrogens is 444 g/mol. The summed E-state index contributed by atoms with van der Waals surface area (Å²) in [5.74, 6) is -0.280. The van der Waals surface area contributed by atoms with Crippen LogP contribution in [0, 0.1) is 6.92 Å². The van der Waals surface area contributed by atoms with Crippen LogP contribution in [-0.2, 0) is 11.3 Å². The Bertz CT molecular complexity index is 1310. The molecule has 4 rings (SSSR count). The second-order valence-electron chi connectivity index (χ2n) is 7.67. The third kappa shape index (κ3) is 4.69. The van der Waals surface area contributed by atoms with Crippen LogP contribution in [0.1, 0.15) is 46.4 Å². The minimum atomic E-state index is -0.220. The van der Waals surface area contributed by atoms with Crippen LogP contribution in [0.5, 0.6) is 0 Å². The highest BCUT2D eigenvalue weighted by molar-refractivity contribution is 7.20. The topological polar surface area (TPSA) is 76.0 Å². The van der Waals surface area contributed by atoms with Crippen molar-refractivity contribution in [1.29, 1.82) is 0 Å². The third-order valence-corrected chi connectivity index (χ3v) is 6.68. The van der Waals surface area contributed by atoms with Crippen LogP contribution in [-0.4, -0.2) is 21.6 Å². The Hall–Kier alpha value is -3.16. The average Bonchev–Trinajstić information content (AvgIpc) is 3.31. The van der Waals surface area contributed by atoms with E-state index in [-0.39, 0.29) is 17.9 Å². The van der Waals surface area contributed by atoms with E-state index in [0.29, 0.717) is 22.1 Å². The molecule has 0 aliphatic heterocycles. The second-order valence-corrected chi connectivity index (χ2v) is 9.10. The molecule has 0 fully saturated rings. The van der Waals surface area contributed by atoms with Crippen molar-refractivity contribution >= 4 is 50.7 Å². The van der Waals surface area contributed by atoms with Crippen LogP contribution in [0.3, 0.4) is 0 Å². The molecule has 2 aromatic heterocycles. The van der Waals surface area contributed by atoms with Crippen molar-refractivity contribution in [2.24, 2.45) is 0 Å². The molecule has 2 aromatic carbocycles. The summed E-state index contributed by atoms with van der Waals surface area (Å²) in [6.07, 6.45) is 0. The first-order valence-corrected chi connectivity index (χ1v) is 11.4. The predicted molar refractivity (Wildman–Crippen MR) is 130 cm³/mol. The van der Waals surface area contributed by atoms with Gasteiger partial charge in [0.15, 0.2) is 0 Å². The number of carbonyl (C=O) groups is 2. The van der Waals surface area contributed by atoms with Gasteiger partial charge in [-0.3, -0.25) is 14.3 Å². The quantitative estimate of drug-likeness (QED) is 0.390. The van der Waals surface area contributed by atoms with Gasteiger partial charge in [0.2, 0.25) is 5.91 Å². The van der Waals surface area contributed by atoms with Gasteiger partial charge in [-0.05, 0) is 49.2 Å². The summed E-state index contributed by atoms with van der Waals surface area (Å²) in [5.41, 5.74) is 3.46. The Morgan fingerprint density at radius 2 is 1.94 bits per heavy atom. The van der Waals surface area contributed by atoms with E-state index >= 15 is 0 Å². The SMILES string of the molecule is CC(=O)Nc1cccc(C(C)NC(=O)c2cc3c(C)nn(Cc4ccccc4Cl)c3s2)c1. The van der Waals surface area contributed by atoms with E-state index in [1.54, 1.807) is 0 Å². The van der Waals surface area contributed by atoms with E-state index < -0.39 is 0 Å². The summed E-state index contributed by atoms with van der Waals surface area (Å²) in [6.45, 7) is 5.87. The molecule has 0 saturated carbocycles. The molecule has 1 unspecified atom stereocenters. The Kier molecular flexibility index (Phi) is 6.30. The van der Waals surface area contributed by atoms with E-state index in [4.69, 9.17) is 11.6 Å². The number of rotatable bonds is 6. The highest BCUT2D eigenvalue weighted by atomic mass is 35.5. The normalized spacial score (nSPS) is 12.0. The number of thiophene rings is 1. The summed E-state index contributed by atoms with van der Waals surface area (Å²) in [4.78, 5) is 25.8. The average molecular weight is 467 g/mol. The molecule has 1 atom stereocenters. The molecular formula is C24H23ClN4O2S. The Labute approximate surface area is 195 Å². The summed E-state index contributed by atoms with van der Waals surface area (Å²) < 4.78 is 1.90. The lowest BCUT2D eigenvalue weighted by molar-refractivity contribution is -0.114. The van der Waals surface area contributed by atoms with Crippen LogP contribution < -0.4 is 10.6 Å². The lowest BCUT2D eigenvalue weighted by Crippen LogP contribution is -2.26. The number of aromatic nitrogens is 2. The van der Waals surface area contributed by atoms with Crippen LogP contribution in [0.25, 0.3) is 10.2 Å². The highest BCUT2D eigenvalue weighted by Gasteiger charge is 2.19. The van der Waals surface area contributed by atoms with Crippen LogP contribution >= 0.6 is 22.9 Å². The van der Waals surface area contributed by atoms with Crippen LogP contribution in [0.15, 0.2) is 54.6 Å². The van der Waals surface area contributed by atoms with E-state index in [9.17, 15) is 9.59 Å². The first-order valence-electron chi connectivity index (χ1n) is 10.2. The van der Waals surface area contributed by atoms with E-state index in [0.717, 1.165) is 27.0 Å². The molecule has 0 aliphatic carbocycles. The van der Waals surface area contributed by atoms with Crippen molar-refractivity contribution in [1.82, 2.24) is 15.1 Å². The van der Waals surface area contributed by atoms with Gasteiger partial charge in [-0.15, -0.1) is 11.3 Å². The molecule has 8 heteroatoms. The Morgan fingerprint density at radius 1 is 1.16 bits per heavy atom. The number of halogens is 1. The maximum Gasteiger partial charge on any atom is 0.261 e. The molecule has 0 saturated heterocycles. The van der Waals surface area contributed by atoms with Gasteiger partial charge in [0.05, 0.1) is 23.2 Å². The molecule has 0 spiro atoms. The monoisotopic (exact) mass is 466 g/mol. The van der Waals surface area contributed by atoms with Crippen molar-refractivity contribution in [3.63, 3.8) is 0 Å². The number of nitrogens with zero attached hydrogens (tertiary/aromatic N) is 2. The van der Waals surface area contributed by atoms with Gasteiger partial charge in [0, 0.05) is 23.0 Å². The van der Waals surface area contributed by atoms with Crippen LogP contribution in [0.4, 0.5) is 5.69 Å². The van der Waals surface area contributed by atoms with E-state index in [1.807, 2.05) is 73.1 Å². The molecule has 6 nitrogen and oxygen atoms in total. The molecule has 2 amide bonds. The number of benzene rings is 2. The third-order valence-electron chi connectivity index (χ3n) is 5.16. The molecule has 0 radical (unpaired) electrons. The summed E-state index contributed by atoms with van der Waals surface area (Å²) >= 11 is 7.73. The fourth-order valence-electron chi connectivity index (χ4n) is 3.56. The molecule has 2 N–H and O–H groups in total. The molecule has 164 valence electrons. The zero-order valence-corrected chi connectivity index (χ0v) is 19.6. The first kappa shape index (κ1) is 22.0. The highest BCUT2D eigenvalue weighted by Crippen LogP contribution is 2.30. The van der Waals surface area contributed by atoms with Gasteiger partial charge in [0.25, 0.3) is 5.91 Å². The minimum Gasteiger partial charge on any atom is -0.345 e. The summed E-state index contributed by atoms with van der Waals surface area (Å²) in [5, 5.41) is 12.1. The summed E-state index contributed by atoms with van der Waals surface area (Å²) in [7, 11) is 0. The molecule has 4 aromatic rings. The molecule has 2 heterocycles. The lowest BCUT2D eigenvalue weighted by Gasteiger charge is -2.15. The largest absolute Gasteiger partial charge is 0.345 e. The van der Waals surface area contributed by atoms with Crippen molar-refractivity contribution in [2.45, 2.75) is 33.4 Å². The number of carbonyl (C=O) groups excluding carboxylic acids is 2. The van der Waals surface area contributed by atoms with Gasteiger partial charge in [-0.25, -0.2) is 0 Å². The number of aryl methyl sites for hydroxylation is 1. The van der Waals surface area contributed by atoms with Gasteiger partial charge >= 0.3 is 0 Å². The molecule has 0 bridgehead atoms. The lowest BCUT2D eigenvalue weighted by atomic mass is 10.1. The molecule has 32 heavy (non-hydrogen) atoms. The Balaban J connectivity index is 1.54. The number of hydrogen-bond acceptors (Lipinski definition) is 4. The summed E-state index contributed by atoms with van der Waals surface area (Å²) in [6, 6.07) is 16.8.